The zero-order valence-corrected chi connectivity index (χ0v) is 13.3. The largest absolute Gasteiger partial charge is 0.364 e. The van der Waals surface area contributed by atoms with E-state index in [4.69, 9.17) is 4.52 Å². The number of fused-ring (bicyclic) bond motifs is 1. The molecule has 1 fully saturated rings. The standard InChI is InChI=1S/C17H22N4O2/c22-17-8-15-2-1-3-16(15)19-21(17)11-13-4-6-20(7-5-13)10-14-9-18-23-12-14/h8-9,12-13H,1-7,10-11H2. The SMILES string of the molecule is O=c1cc2c(nn1CC1CCN(Cc3cnoc3)CC1)CCC2. The number of likely N-dealkylation sites (tertiary alicyclic amines) is 1. The normalized spacial score (nSPS) is 19.1. The van der Waals surface area contributed by atoms with Gasteiger partial charge in [0.15, 0.2) is 0 Å². The topological polar surface area (TPSA) is 64.2 Å². The van der Waals surface area contributed by atoms with E-state index >= 15 is 0 Å². The van der Waals surface area contributed by atoms with Crippen LogP contribution in [0.5, 0.6) is 0 Å². The fourth-order valence-corrected chi connectivity index (χ4v) is 3.70. The third kappa shape index (κ3) is 3.22. The first-order chi connectivity index (χ1) is 11.3. The van der Waals surface area contributed by atoms with Crippen molar-refractivity contribution < 1.29 is 4.52 Å². The van der Waals surface area contributed by atoms with Crippen LogP contribution in [0.25, 0.3) is 0 Å². The maximum Gasteiger partial charge on any atom is 0.267 e. The van der Waals surface area contributed by atoms with Gasteiger partial charge in [-0.05, 0) is 56.7 Å². The van der Waals surface area contributed by atoms with E-state index in [1.807, 2.05) is 0 Å². The van der Waals surface area contributed by atoms with Crippen LogP contribution in [0.15, 0.2) is 27.8 Å². The van der Waals surface area contributed by atoms with Crippen molar-refractivity contribution in [1.82, 2.24) is 19.8 Å². The van der Waals surface area contributed by atoms with Crippen LogP contribution < -0.4 is 5.56 Å². The van der Waals surface area contributed by atoms with Crippen molar-refractivity contribution in [3.05, 3.63) is 45.7 Å². The number of nitrogens with zero attached hydrogens (tertiary/aromatic N) is 4. The van der Waals surface area contributed by atoms with Crippen molar-refractivity contribution in [2.45, 2.75) is 45.2 Å². The second kappa shape index (κ2) is 6.28. The summed E-state index contributed by atoms with van der Waals surface area (Å²) in [6.07, 6.45) is 8.87. The van der Waals surface area contributed by atoms with E-state index in [-0.39, 0.29) is 5.56 Å². The zero-order chi connectivity index (χ0) is 15.6. The summed E-state index contributed by atoms with van der Waals surface area (Å²) < 4.78 is 6.58. The van der Waals surface area contributed by atoms with Gasteiger partial charge in [-0.1, -0.05) is 5.16 Å². The lowest BCUT2D eigenvalue weighted by atomic mass is 9.96. The molecule has 0 atom stereocenters. The van der Waals surface area contributed by atoms with Gasteiger partial charge < -0.3 is 4.52 Å². The molecule has 6 heteroatoms. The summed E-state index contributed by atoms with van der Waals surface area (Å²) in [5, 5.41) is 8.35. The number of hydrogen-bond acceptors (Lipinski definition) is 5. The lowest BCUT2D eigenvalue weighted by Crippen LogP contribution is -2.36. The van der Waals surface area contributed by atoms with E-state index in [0.717, 1.165) is 75.1 Å². The van der Waals surface area contributed by atoms with Crippen LogP contribution in [0.1, 0.15) is 36.1 Å². The summed E-state index contributed by atoms with van der Waals surface area (Å²) >= 11 is 0. The molecule has 1 saturated heterocycles. The molecule has 0 aromatic carbocycles. The highest BCUT2D eigenvalue weighted by atomic mass is 16.5. The number of piperidine rings is 1. The molecule has 0 unspecified atom stereocenters. The zero-order valence-electron chi connectivity index (χ0n) is 13.3. The van der Waals surface area contributed by atoms with Crippen molar-refractivity contribution in [3.63, 3.8) is 0 Å². The van der Waals surface area contributed by atoms with Crippen LogP contribution in [-0.2, 0) is 25.9 Å². The molecule has 0 radical (unpaired) electrons. The summed E-state index contributed by atoms with van der Waals surface area (Å²) in [5.41, 5.74) is 3.49. The van der Waals surface area contributed by atoms with Gasteiger partial charge in [-0.3, -0.25) is 9.69 Å². The van der Waals surface area contributed by atoms with Crippen molar-refractivity contribution in [2.75, 3.05) is 13.1 Å². The fraction of sp³-hybridized carbons (Fsp3) is 0.588. The predicted molar refractivity (Wildman–Crippen MR) is 85.0 cm³/mol. The molecular weight excluding hydrogens is 292 g/mol. The summed E-state index contributed by atoms with van der Waals surface area (Å²) in [6, 6.07) is 1.80. The van der Waals surface area contributed by atoms with Crippen LogP contribution in [0.2, 0.25) is 0 Å². The van der Waals surface area contributed by atoms with Gasteiger partial charge in [0.05, 0.1) is 11.9 Å². The molecule has 122 valence electrons. The molecule has 0 bridgehead atoms. The van der Waals surface area contributed by atoms with E-state index in [0.29, 0.717) is 5.92 Å². The number of rotatable bonds is 4. The van der Waals surface area contributed by atoms with Crippen LogP contribution in [-0.4, -0.2) is 32.9 Å². The van der Waals surface area contributed by atoms with Gasteiger partial charge in [0, 0.05) is 24.7 Å². The minimum Gasteiger partial charge on any atom is -0.364 e. The third-order valence-electron chi connectivity index (χ3n) is 5.05. The van der Waals surface area contributed by atoms with Crippen molar-refractivity contribution in [1.29, 1.82) is 0 Å². The molecular formula is C17H22N4O2. The van der Waals surface area contributed by atoms with Gasteiger partial charge in [-0.15, -0.1) is 0 Å². The summed E-state index contributed by atoms with van der Waals surface area (Å²) in [4.78, 5) is 14.6. The van der Waals surface area contributed by atoms with E-state index < -0.39 is 0 Å². The van der Waals surface area contributed by atoms with E-state index in [1.54, 1.807) is 23.2 Å². The monoisotopic (exact) mass is 314 g/mol. The Bertz CT molecular complexity index is 715. The summed E-state index contributed by atoms with van der Waals surface area (Å²) in [6.45, 7) is 3.76. The Kier molecular flexibility index (Phi) is 3.99. The highest BCUT2D eigenvalue weighted by molar-refractivity contribution is 5.22. The average molecular weight is 314 g/mol. The van der Waals surface area contributed by atoms with Crippen LogP contribution in [0.4, 0.5) is 0 Å². The van der Waals surface area contributed by atoms with Crippen LogP contribution in [0, 0.1) is 5.92 Å². The smallest absolute Gasteiger partial charge is 0.267 e. The molecule has 2 aliphatic rings. The van der Waals surface area contributed by atoms with Gasteiger partial charge in [-0.25, -0.2) is 4.68 Å². The first kappa shape index (κ1) is 14.6. The predicted octanol–water partition coefficient (Wildman–Crippen LogP) is 1.63. The highest BCUT2D eigenvalue weighted by Crippen LogP contribution is 2.21. The molecule has 2 aromatic heterocycles. The van der Waals surface area contributed by atoms with E-state index in [2.05, 4.69) is 15.2 Å². The minimum absolute atomic E-state index is 0.0672. The van der Waals surface area contributed by atoms with Crippen LogP contribution in [0.3, 0.4) is 0 Å². The first-order valence-corrected chi connectivity index (χ1v) is 8.48. The average Bonchev–Trinajstić information content (AvgIpc) is 3.21. The second-order valence-corrected chi connectivity index (χ2v) is 6.74. The van der Waals surface area contributed by atoms with Gasteiger partial charge in [0.25, 0.3) is 5.56 Å². The molecule has 0 spiro atoms. The summed E-state index contributed by atoms with van der Waals surface area (Å²) in [7, 11) is 0. The fourth-order valence-electron chi connectivity index (χ4n) is 3.70. The molecule has 2 aromatic rings. The summed E-state index contributed by atoms with van der Waals surface area (Å²) in [5.74, 6) is 0.540. The molecule has 23 heavy (non-hydrogen) atoms. The Morgan fingerprint density at radius 2 is 2.13 bits per heavy atom. The van der Waals surface area contributed by atoms with Crippen molar-refractivity contribution in [2.24, 2.45) is 5.92 Å². The van der Waals surface area contributed by atoms with Gasteiger partial charge in [0.2, 0.25) is 0 Å². The van der Waals surface area contributed by atoms with Gasteiger partial charge in [-0.2, -0.15) is 5.10 Å². The Morgan fingerprint density at radius 1 is 1.26 bits per heavy atom. The minimum atomic E-state index is 0.0672. The Hall–Kier alpha value is -1.95. The third-order valence-corrected chi connectivity index (χ3v) is 5.05. The lowest BCUT2D eigenvalue weighted by Gasteiger charge is -2.31. The number of aromatic nitrogens is 3. The van der Waals surface area contributed by atoms with E-state index in [9.17, 15) is 4.79 Å². The highest BCUT2D eigenvalue weighted by Gasteiger charge is 2.22. The molecule has 3 heterocycles. The lowest BCUT2D eigenvalue weighted by molar-refractivity contribution is 0.163. The molecule has 1 aliphatic heterocycles. The van der Waals surface area contributed by atoms with Gasteiger partial charge in [0.1, 0.15) is 6.26 Å². The number of aryl methyl sites for hydroxylation is 2. The molecule has 1 aliphatic carbocycles. The first-order valence-electron chi connectivity index (χ1n) is 8.48. The molecule has 6 nitrogen and oxygen atoms in total. The molecule has 0 amide bonds. The molecule has 4 rings (SSSR count). The quantitative estimate of drug-likeness (QED) is 0.858. The van der Waals surface area contributed by atoms with E-state index in [1.165, 1.54) is 0 Å². The Labute approximate surface area is 135 Å². The maximum absolute atomic E-state index is 12.2. The number of hydrogen-bond donors (Lipinski definition) is 0. The van der Waals surface area contributed by atoms with Crippen molar-refractivity contribution in [3.8, 4) is 0 Å². The van der Waals surface area contributed by atoms with Crippen LogP contribution >= 0.6 is 0 Å². The second-order valence-electron chi connectivity index (χ2n) is 6.74. The Morgan fingerprint density at radius 3 is 2.91 bits per heavy atom. The molecule has 0 N–H and O–H groups in total. The molecule has 0 saturated carbocycles. The maximum atomic E-state index is 12.2. The Balaban J connectivity index is 1.35. The van der Waals surface area contributed by atoms with Gasteiger partial charge >= 0.3 is 0 Å². The van der Waals surface area contributed by atoms with Crippen molar-refractivity contribution >= 4 is 0 Å².